The number of rotatable bonds is 7. The van der Waals surface area contributed by atoms with Crippen molar-refractivity contribution in [3.05, 3.63) is 35.9 Å². The highest BCUT2D eigenvalue weighted by Gasteiger charge is 2.32. The van der Waals surface area contributed by atoms with Gasteiger partial charge in [0.2, 0.25) is 5.05 Å². The second kappa shape index (κ2) is 7.66. The molecule has 2 nitrogen and oxygen atoms in total. The van der Waals surface area contributed by atoms with Gasteiger partial charge in [0.1, 0.15) is 0 Å². The van der Waals surface area contributed by atoms with E-state index >= 15 is 0 Å². The smallest absolute Gasteiger partial charge is 0.256 e. The van der Waals surface area contributed by atoms with Crippen LogP contribution in [0.15, 0.2) is 30.3 Å². The van der Waals surface area contributed by atoms with E-state index in [0.29, 0.717) is 5.05 Å². The molecule has 0 saturated heterocycles. The summed E-state index contributed by atoms with van der Waals surface area (Å²) in [6.07, 6.45) is 2.35. The fraction of sp³-hybridized carbons (Fsp3) is 0.500. The van der Waals surface area contributed by atoms with Gasteiger partial charge < -0.3 is 4.89 Å². The molecule has 0 saturated carbocycles. The molecule has 0 fully saturated rings. The molecule has 1 atom stereocenters. The van der Waals surface area contributed by atoms with Crippen molar-refractivity contribution >= 4 is 25.6 Å². The van der Waals surface area contributed by atoms with Gasteiger partial charge in [0, 0.05) is 6.92 Å². The van der Waals surface area contributed by atoms with Crippen LogP contribution in [0.5, 0.6) is 0 Å². The van der Waals surface area contributed by atoms with Crippen LogP contribution in [0.3, 0.4) is 0 Å². The molecule has 1 aromatic rings. The van der Waals surface area contributed by atoms with Crippen LogP contribution < -0.4 is 0 Å². The van der Waals surface area contributed by atoms with E-state index in [9.17, 15) is 0 Å². The third-order valence-electron chi connectivity index (χ3n) is 2.84. The van der Waals surface area contributed by atoms with E-state index in [0.717, 1.165) is 12.1 Å². The minimum Gasteiger partial charge on any atom is -0.342 e. The Morgan fingerprint density at radius 2 is 1.94 bits per heavy atom. The Morgan fingerprint density at radius 3 is 2.50 bits per heavy atom. The van der Waals surface area contributed by atoms with Crippen LogP contribution in [0.4, 0.5) is 0 Å². The molecule has 100 valence electrons. The first kappa shape index (κ1) is 15.3. The highest BCUT2D eigenvalue weighted by atomic mass is 32.1. The van der Waals surface area contributed by atoms with E-state index in [1.165, 1.54) is 18.4 Å². The lowest BCUT2D eigenvalue weighted by atomic mass is 10.2. The average Bonchev–Trinajstić information content (AvgIpc) is 2.35. The zero-order chi connectivity index (χ0) is 13.4. The largest absolute Gasteiger partial charge is 0.342 e. The van der Waals surface area contributed by atoms with Gasteiger partial charge in [-0.05, 0) is 36.4 Å². The Bertz CT molecular complexity index is 369. The highest BCUT2D eigenvalue weighted by Crippen LogP contribution is 2.21. The lowest BCUT2D eigenvalue weighted by Gasteiger charge is -2.25. The molecule has 0 bridgehead atoms. The molecular weight excluding hydrogens is 260 g/mol. The lowest BCUT2D eigenvalue weighted by molar-refractivity contribution is -0.128. The van der Waals surface area contributed by atoms with Crippen LogP contribution >= 0.6 is 12.2 Å². The van der Waals surface area contributed by atoms with Crippen molar-refractivity contribution in [1.82, 2.24) is 0 Å². The van der Waals surface area contributed by atoms with Gasteiger partial charge in [-0.2, -0.15) is 0 Å². The fourth-order valence-electron chi connectivity index (χ4n) is 1.90. The Hall–Kier alpha value is -0.713. The molecule has 1 aromatic carbocycles. The van der Waals surface area contributed by atoms with E-state index in [4.69, 9.17) is 21.7 Å². The summed E-state index contributed by atoms with van der Waals surface area (Å²) in [6.45, 7) is 6.16. The first-order chi connectivity index (χ1) is 8.56. The summed E-state index contributed by atoms with van der Waals surface area (Å²) in [5.41, 5.74) is 1.31. The number of hydrogen-bond acceptors (Lipinski definition) is 3. The van der Waals surface area contributed by atoms with Gasteiger partial charge in [0.15, 0.2) is 0 Å². The molecule has 0 heterocycles. The topological polar surface area (TPSA) is 18.5 Å². The highest BCUT2D eigenvalue weighted by molar-refractivity contribution is 7.80. The van der Waals surface area contributed by atoms with Crippen LogP contribution in [0.2, 0.25) is 12.6 Å². The van der Waals surface area contributed by atoms with E-state index in [1.54, 1.807) is 6.92 Å². The number of unbranched alkanes of at least 4 members (excludes halogenated alkanes) is 1. The molecule has 0 radical (unpaired) electrons. The number of hydrogen-bond donors (Lipinski definition) is 0. The Kier molecular flexibility index (Phi) is 6.53. The minimum absolute atomic E-state index is 0.457. The summed E-state index contributed by atoms with van der Waals surface area (Å²) in [7, 11) is -1.88. The zero-order valence-corrected chi connectivity index (χ0v) is 13.3. The van der Waals surface area contributed by atoms with Gasteiger partial charge in [-0.15, -0.1) is 0 Å². The first-order valence-electron chi connectivity index (χ1n) is 6.46. The van der Waals surface area contributed by atoms with Crippen LogP contribution in [-0.2, 0) is 15.5 Å². The fourth-order valence-corrected chi connectivity index (χ4v) is 4.84. The molecule has 0 aromatic heterocycles. The van der Waals surface area contributed by atoms with E-state index < -0.39 is 8.32 Å². The maximum Gasteiger partial charge on any atom is 0.256 e. The standard InChI is InChI=1S/C14H22O2SSi/c1-4-5-11-18(3,16-15-13(2)17)12-14-9-7-6-8-10-14/h6-10H,4-5,11-12H2,1-3H3. The Labute approximate surface area is 116 Å². The summed E-state index contributed by atoms with van der Waals surface area (Å²) < 4.78 is 5.69. The van der Waals surface area contributed by atoms with Crippen molar-refractivity contribution in [1.29, 1.82) is 0 Å². The number of benzene rings is 1. The van der Waals surface area contributed by atoms with Crippen molar-refractivity contribution in [3.8, 4) is 0 Å². The van der Waals surface area contributed by atoms with Crippen LogP contribution in [0.1, 0.15) is 32.3 Å². The van der Waals surface area contributed by atoms with Gasteiger partial charge in [-0.1, -0.05) is 50.1 Å². The molecule has 0 aliphatic heterocycles. The second-order valence-corrected chi connectivity index (χ2v) is 9.37. The van der Waals surface area contributed by atoms with Gasteiger partial charge in [-0.3, -0.25) is 0 Å². The first-order valence-corrected chi connectivity index (χ1v) is 9.69. The minimum atomic E-state index is -1.88. The summed E-state index contributed by atoms with van der Waals surface area (Å²) in [4.78, 5) is 5.17. The Balaban J connectivity index is 2.67. The van der Waals surface area contributed by atoms with Gasteiger partial charge in [0.05, 0.1) is 0 Å². The third-order valence-corrected chi connectivity index (χ3v) is 5.96. The molecule has 1 unspecified atom stereocenters. The van der Waals surface area contributed by atoms with Crippen molar-refractivity contribution in [3.63, 3.8) is 0 Å². The van der Waals surface area contributed by atoms with E-state index in [-0.39, 0.29) is 0 Å². The second-order valence-electron chi connectivity index (χ2n) is 4.87. The van der Waals surface area contributed by atoms with Crippen LogP contribution in [0.25, 0.3) is 0 Å². The normalized spacial score (nSPS) is 13.9. The molecule has 4 heteroatoms. The summed E-state index contributed by atoms with van der Waals surface area (Å²) >= 11 is 4.92. The monoisotopic (exact) mass is 282 g/mol. The van der Waals surface area contributed by atoms with Gasteiger partial charge in [-0.25, -0.2) is 4.58 Å². The van der Waals surface area contributed by atoms with E-state index in [1.807, 2.05) is 6.07 Å². The molecular formula is C14H22O2SSi. The summed E-state index contributed by atoms with van der Waals surface area (Å²) in [6, 6.07) is 12.5. The third kappa shape index (κ3) is 5.75. The number of thiocarbonyl (C=S) groups is 1. The molecule has 18 heavy (non-hydrogen) atoms. The molecule has 0 aliphatic rings. The molecule has 1 rings (SSSR count). The van der Waals surface area contributed by atoms with Crippen LogP contribution in [-0.4, -0.2) is 13.4 Å². The lowest BCUT2D eigenvalue weighted by Crippen LogP contribution is -2.38. The van der Waals surface area contributed by atoms with Crippen molar-refractivity contribution in [2.24, 2.45) is 0 Å². The summed E-state index contributed by atoms with van der Waals surface area (Å²) in [5.74, 6) is 0. The van der Waals surface area contributed by atoms with E-state index in [2.05, 4.69) is 37.7 Å². The molecule has 0 aliphatic carbocycles. The maximum atomic E-state index is 5.69. The molecule has 0 spiro atoms. The van der Waals surface area contributed by atoms with Crippen molar-refractivity contribution in [2.75, 3.05) is 0 Å². The SMILES string of the molecule is CCCC[Si](C)(Cc1ccccc1)OOC(C)=S. The van der Waals surface area contributed by atoms with Crippen molar-refractivity contribution in [2.45, 2.75) is 45.3 Å². The predicted octanol–water partition coefficient (Wildman–Crippen LogP) is 4.44. The Morgan fingerprint density at radius 1 is 1.28 bits per heavy atom. The quantitative estimate of drug-likeness (QED) is 0.319. The van der Waals surface area contributed by atoms with Gasteiger partial charge >= 0.3 is 0 Å². The zero-order valence-electron chi connectivity index (χ0n) is 11.4. The molecule has 0 N–H and O–H groups in total. The van der Waals surface area contributed by atoms with Gasteiger partial charge in [0.25, 0.3) is 8.32 Å². The molecule has 0 amide bonds. The average molecular weight is 282 g/mol. The summed E-state index contributed by atoms with van der Waals surface area (Å²) in [5, 5.41) is 0.457. The van der Waals surface area contributed by atoms with Crippen molar-refractivity contribution < 1.29 is 9.46 Å². The van der Waals surface area contributed by atoms with Crippen LogP contribution in [0, 0.1) is 0 Å². The maximum absolute atomic E-state index is 5.69. The predicted molar refractivity (Wildman–Crippen MR) is 81.9 cm³/mol.